The molecule has 28 heavy (non-hydrogen) atoms. The first-order valence-corrected chi connectivity index (χ1v) is 10.4. The molecule has 0 N–H and O–H groups in total. The van der Waals surface area contributed by atoms with Crippen molar-refractivity contribution in [1.29, 1.82) is 0 Å². The second kappa shape index (κ2) is 8.54. The molecule has 0 radical (unpaired) electrons. The van der Waals surface area contributed by atoms with Crippen molar-refractivity contribution in [2.45, 2.75) is 6.61 Å². The summed E-state index contributed by atoms with van der Waals surface area (Å²) in [6.45, 7) is 0.506. The van der Waals surface area contributed by atoms with Crippen molar-refractivity contribution in [2.24, 2.45) is 17.3 Å². The zero-order valence-corrected chi connectivity index (χ0v) is 17.7. The molecule has 0 aliphatic carbocycles. The lowest BCUT2D eigenvalue weighted by Gasteiger charge is -2.09. The van der Waals surface area contributed by atoms with Gasteiger partial charge in [0, 0.05) is 17.1 Å². The summed E-state index contributed by atoms with van der Waals surface area (Å²) in [7, 11) is 2.00. The molecular weight excluding hydrogens is 434 g/mol. The Labute approximate surface area is 175 Å². The average Bonchev–Trinajstić information content (AvgIpc) is 3.04. The molecular formula is C22H18BrN3OS. The molecule has 4 nitrogen and oxygen atoms in total. The number of fused-ring (bicyclic) bond motifs is 1. The molecule has 6 heteroatoms. The minimum atomic E-state index is 0.506. The molecule has 0 aliphatic heterocycles. The van der Waals surface area contributed by atoms with Crippen LogP contribution in [0.25, 0.3) is 10.2 Å². The van der Waals surface area contributed by atoms with Crippen LogP contribution in [0.1, 0.15) is 11.1 Å². The van der Waals surface area contributed by atoms with Crippen molar-refractivity contribution in [2.75, 3.05) is 0 Å². The molecule has 0 aliphatic rings. The third kappa shape index (κ3) is 4.24. The second-order valence-electron chi connectivity index (χ2n) is 6.21. The van der Waals surface area contributed by atoms with Gasteiger partial charge in [-0.05, 0) is 35.9 Å². The molecule has 4 aromatic rings. The monoisotopic (exact) mass is 451 g/mol. The van der Waals surface area contributed by atoms with Gasteiger partial charge in [0.15, 0.2) is 0 Å². The highest BCUT2D eigenvalue weighted by molar-refractivity contribution is 9.10. The molecule has 0 amide bonds. The number of nitrogens with zero attached hydrogens (tertiary/aromatic N) is 3. The lowest BCUT2D eigenvalue weighted by atomic mass is 10.2. The van der Waals surface area contributed by atoms with Crippen LogP contribution in [0.4, 0.5) is 0 Å². The molecule has 0 saturated heterocycles. The van der Waals surface area contributed by atoms with Crippen LogP contribution in [0.3, 0.4) is 0 Å². The number of aromatic nitrogens is 1. The Kier molecular flexibility index (Phi) is 5.69. The molecule has 4 rings (SSSR count). The average molecular weight is 452 g/mol. The van der Waals surface area contributed by atoms with E-state index in [4.69, 9.17) is 4.74 Å². The number of hydrogen-bond acceptors (Lipinski definition) is 4. The molecule has 0 fully saturated rings. The smallest absolute Gasteiger partial charge is 0.211 e. The van der Waals surface area contributed by atoms with Gasteiger partial charge in [0.1, 0.15) is 12.4 Å². The van der Waals surface area contributed by atoms with Crippen LogP contribution in [-0.2, 0) is 13.7 Å². The Hall–Kier alpha value is -2.70. The minimum absolute atomic E-state index is 0.506. The van der Waals surface area contributed by atoms with Gasteiger partial charge in [0.25, 0.3) is 0 Å². The highest BCUT2D eigenvalue weighted by atomic mass is 79.9. The van der Waals surface area contributed by atoms with E-state index in [1.165, 1.54) is 4.70 Å². The SMILES string of the molecule is Cn1c(=NN=Cc2cc(Br)ccc2OCc2ccccc2)sc2ccccc21. The van der Waals surface area contributed by atoms with Crippen molar-refractivity contribution in [3.63, 3.8) is 0 Å². The number of rotatable bonds is 5. The second-order valence-corrected chi connectivity index (χ2v) is 8.14. The zero-order chi connectivity index (χ0) is 19.3. The van der Waals surface area contributed by atoms with E-state index in [0.717, 1.165) is 31.7 Å². The Balaban J connectivity index is 1.59. The number of halogens is 1. The first-order valence-electron chi connectivity index (χ1n) is 8.78. The molecule has 0 bridgehead atoms. The summed E-state index contributed by atoms with van der Waals surface area (Å²) in [5.41, 5.74) is 3.14. The number of benzene rings is 3. The van der Waals surface area contributed by atoms with Crippen LogP contribution in [0.2, 0.25) is 0 Å². The predicted molar refractivity (Wildman–Crippen MR) is 119 cm³/mol. The summed E-state index contributed by atoms with van der Waals surface area (Å²) >= 11 is 5.13. The molecule has 0 saturated carbocycles. The van der Waals surface area contributed by atoms with Crippen molar-refractivity contribution in [1.82, 2.24) is 4.57 Å². The van der Waals surface area contributed by atoms with Gasteiger partial charge in [-0.2, -0.15) is 5.10 Å². The van der Waals surface area contributed by atoms with Crippen LogP contribution in [0.5, 0.6) is 5.75 Å². The Morgan fingerprint density at radius 2 is 1.82 bits per heavy atom. The van der Waals surface area contributed by atoms with Gasteiger partial charge < -0.3 is 9.30 Å². The summed E-state index contributed by atoms with van der Waals surface area (Å²) in [5, 5.41) is 8.72. The lowest BCUT2D eigenvalue weighted by molar-refractivity contribution is 0.306. The van der Waals surface area contributed by atoms with Crippen LogP contribution in [-0.4, -0.2) is 10.8 Å². The normalized spacial score (nSPS) is 12.1. The van der Waals surface area contributed by atoms with Crippen LogP contribution >= 0.6 is 27.3 Å². The third-order valence-corrected chi connectivity index (χ3v) is 5.86. The maximum absolute atomic E-state index is 6.00. The Morgan fingerprint density at radius 1 is 1.04 bits per heavy atom. The maximum Gasteiger partial charge on any atom is 0.211 e. The fourth-order valence-electron chi connectivity index (χ4n) is 2.81. The molecule has 1 heterocycles. The van der Waals surface area contributed by atoms with Crippen LogP contribution in [0, 0.1) is 0 Å². The van der Waals surface area contributed by atoms with Crippen molar-refractivity contribution >= 4 is 43.7 Å². The Morgan fingerprint density at radius 3 is 2.64 bits per heavy atom. The minimum Gasteiger partial charge on any atom is -0.488 e. The molecule has 140 valence electrons. The topological polar surface area (TPSA) is 38.9 Å². The predicted octanol–water partition coefficient (Wildman–Crippen LogP) is 5.52. The summed E-state index contributed by atoms with van der Waals surface area (Å²) in [4.78, 5) is 0.846. The van der Waals surface area contributed by atoms with E-state index in [0.29, 0.717) is 6.61 Å². The summed E-state index contributed by atoms with van der Waals surface area (Å²) in [6.07, 6.45) is 1.73. The van der Waals surface area contributed by atoms with Gasteiger partial charge in [0.05, 0.1) is 16.4 Å². The summed E-state index contributed by atoms with van der Waals surface area (Å²) < 4.78 is 10.2. The molecule has 0 atom stereocenters. The van der Waals surface area contributed by atoms with Crippen LogP contribution < -0.4 is 9.54 Å². The summed E-state index contributed by atoms with van der Waals surface area (Å²) in [5.74, 6) is 0.770. The quantitative estimate of drug-likeness (QED) is 0.291. The van der Waals surface area contributed by atoms with Crippen molar-refractivity contribution < 1.29 is 4.74 Å². The van der Waals surface area contributed by atoms with Gasteiger partial charge in [-0.3, -0.25) is 0 Å². The highest BCUT2D eigenvalue weighted by Gasteiger charge is 2.04. The van der Waals surface area contributed by atoms with Gasteiger partial charge in [-0.25, -0.2) is 0 Å². The van der Waals surface area contributed by atoms with E-state index in [1.54, 1.807) is 17.6 Å². The number of thiazole rings is 1. The number of ether oxygens (including phenoxy) is 1. The fourth-order valence-corrected chi connectivity index (χ4v) is 4.16. The van der Waals surface area contributed by atoms with E-state index in [1.807, 2.05) is 72.3 Å². The fraction of sp³-hybridized carbons (Fsp3) is 0.0909. The molecule has 0 unspecified atom stereocenters. The van der Waals surface area contributed by atoms with E-state index in [9.17, 15) is 0 Å². The first kappa shape index (κ1) is 18.7. The van der Waals surface area contributed by atoms with E-state index < -0.39 is 0 Å². The van der Waals surface area contributed by atoms with E-state index in [-0.39, 0.29) is 0 Å². The number of hydrogen-bond donors (Lipinski definition) is 0. The zero-order valence-electron chi connectivity index (χ0n) is 15.2. The molecule has 3 aromatic carbocycles. The third-order valence-electron chi connectivity index (χ3n) is 4.26. The largest absolute Gasteiger partial charge is 0.488 e. The van der Waals surface area contributed by atoms with Gasteiger partial charge in [-0.15, -0.1) is 5.10 Å². The standard InChI is InChI=1S/C22H18BrN3OS/c1-26-19-9-5-6-10-21(19)28-22(26)25-24-14-17-13-18(23)11-12-20(17)27-15-16-7-3-2-4-8-16/h2-14H,15H2,1H3. The number of para-hydroxylation sites is 1. The first-order chi connectivity index (χ1) is 13.7. The highest BCUT2D eigenvalue weighted by Crippen LogP contribution is 2.23. The van der Waals surface area contributed by atoms with Crippen LogP contribution in [0.15, 0.2) is 87.5 Å². The van der Waals surface area contributed by atoms with Crippen molar-refractivity contribution in [3.8, 4) is 5.75 Å². The summed E-state index contributed by atoms with van der Waals surface area (Å²) in [6, 6.07) is 24.2. The molecule has 1 aromatic heterocycles. The maximum atomic E-state index is 6.00. The molecule has 0 spiro atoms. The number of aryl methyl sites for hydroxylation is 1. The lowest BCUT2D eigenvalue weighted by Crippen LogP contribution is -2.08. The Bertz CT molecular complexity index is 1200. The van der Waals surface area contributed by atoms with Gasteiger partial charge in [0.2, 0.25) is 4.80 Å². The van der Waals surface area contributed by atoms with Gasteiger partial charge in [-0.1, -0.05) is 69.7 Å². The van der Waals surface area contributed by atoms with E-state index >= 15 is 0 Å². The van der Waals surface area contributed by atoms with Crippen molar-refractivity contribution in [3.05, 3.63) is 93.2 Å². The van der Waals surface area contributed by atoms with Gasteiger partial charge >= 0.3 is 0 Å². The van der Waals surface area contributed by atoms with E-state index in [2.05, 4.69) is 38.3 Å².